The van der Waals surface area contributed by atoms with Crippen molar-refractivity contribution in [3.8, 4) is 5.75 Å². The molecule has 0 radical (unpaired) electrons. The van der Waals surface area contributed by atoms with E-state index in [1.54, 1.807) is 0 Å². The summed E-state index contributed by atoms with van der Waals surface area (Å²) < 4.78 is 5.72. The average molecular weight is 285 g/mol. The predicted molar refractivity (Wildman–Crippen MR) is 87.2 cm³/mol. The van der Waals surface area contributed by atoms with Gasteiger partial charge in [0.25, 0.3) is 0 Å². The van der Waals surface area contributed by atoms with Crippen molar-refractivity contribution in [1.82, 2.24) is 0 Å². The zero-order chi connectivity index (χ0) is 14.2. The van der Waals surface area contributed by atoms with Crippen molar-refractivity contribution in [2.75, 3.05) is 6.61 Å². The Bertz CT molecular complexity index is 554. The molecule has 3 heteroatoms. The largest absolute Gasteiger partial charge is 0.494 e. The van der Waals surface area contributed by atoms with Crippen LogP contribution in [-0.4, -0.2) is 11.6 Å². The monoisotopic (exact) mass is 285 g/mol. The summed E-state index contributed by atoms with van der Waals surface area (Å²) in [6.45, 7) is 0.716. The number of aryl methyl sites for hydroxylation is 1. The van der Waals surface area contributed by atoms with Crippen molar-refractivity contribution >= 4 is 17.2 Å². The van der Waals surface area contributed by atoms with Gasteiger partial charge in [0.15, 0.2) is 0 Å². The van der Waals surface area contributed by atoms with E-state index in [9.17, 15) is 0 Å². The van der Waals surface area contributed by atoms with Crippen molar-refractivity contribution in [2.24, 2.45) is 5.73 Å². The summed E-state index contributed by atoms with van der Waals surface area (Å²) in [7, 11) is 0. The Morgan fingerprint density at radius 3 is 2.55 bits per heavy atom. The maximum Gasteiger partial charge on any atom is 0.119 e. The van der Waals surface area contributed by atoms with Crippen molar-refractivity contribution < 1.29 is 4.74 Å². The van der Waals surface area contributed by atoms with Gasteiger partial charge >= 0.3 is 0 Å². The molecular formula is C17H19NOS. The first-order valence-electron chi connectivity index (χ1n) is 6.82. The summed E-state index contributed by atoms with van der Waals surface area (Å²) in [5.41, 5.74) is 7.83. The molecule has 0 heterocycles. The van der Waals surface area contributed by atoms with Gasteiger partial charge in [-0.15, -0.1) is 0 Å². The maximum atomic E-state index is 5.72. The van der Waals surface area contributed by atoms with Crippen molar-refractivity contribution in [1.29, 1.82) is 0 Å². The average Bonchev–Trinajstić information content (AvgIpc) is 2.48. The molecule has 0 spiro atoms. The van der Waals surface area contributed by atoms with Crippen LogP contribution in [0.2, 0.25) is 0 Å². The lowest BCUT2D eigenvalue weighted by molar-refractivity contribution is 0.307. The summed E-state index contributed by atoms with van der Waals surface area (Å²) in [5.74, 6) is 0.829. The van der Waals surface area contributed by atoms with Crippen LogP contribution in [-0.2, 0) is 6.42 Å². The SMILES string of the molecule is NC(=S)c1cccc(OCCCCc2ccccc2)c1. The first-order chi connectivity index (χ1) is 9.75. The highest BCUT2D eigenvalue weighted by Gasteiger charge is 1.99. The molecule has 0 bridgehead atoms. The Labute approximate surface area is 125 Å². The quantitative estimate of drug-likeness (QED) is 0.622. The molecule has 2 nitrogen and oxygen atoms in total. The van der Waals surface area contributed by atoms with Gasteiger partial charge in [-0.1, -0.05) is 54.7 Å². The molecule has 0 aliphatic rings. The first-order valence-corrected chi connectivity index (χ1v) is 7.23. The van der Waals surface area contributed by atoms with Crippen LogP contribution in [0.15, 0.2) is 54.6 Å². The zero-order valence-corrected chi connectivity index (χ0v) is 12.2. The third-order valence-electron chi connectivity index (χ3n) is 3.09. The Morgan fingerprint density at radius 2 is 1.80 bits per heavy atom. The van der Waals surface area contributed by atoms with Gasteiger partial charge in [0.2, 0.25) is 0 Å². The lowest BCUT2D eigenvalue weighted by Crippen LogP contribution is -2.09. The van der Waals surface area contributed by atoms with E-state index in [4.69, 9.17) is 22.7 Å². The van der Waals surface area contributed by atoms with Gasteiger partial charge in [-0.2, -0.15) is 0 Å². The third-order valence-corrected chi connectivity index (χ3v) is 3.33. The maximum absolute atomic E-state index is 5.72. The Hall–Kier alpha value is -1.87. The number of thiocarbonyl (C=S) groups is 1. The Morgan fingerprint density at radius 1 is 1.00 bits per heavy atom. The smallest absolute Gasteiger partial charge is 0.119 e. The first kappa shape index (κ1) is 14.5. The number of rotatable bonds is 7. The zero-order valence-electron chi connectivity index (χ0n) is 11.4. The van der Waals surface area contributed by atoms with Crippen molar-refractivity contribution in [3.63, 3.8) is 0 Å². The molecule has 0 aliphatic carbocycles. The molecule has 0 saturated carbocycles. The van der Waals surface area contributed by atoms with Crippen LogP contribution in [0.25, 0.3) is 0 Å². The fourth-order valence-corrected chi connectivity index (χ4v) is 2.13. The van der Waals surface area contributed by atoms with E-state index in [0.29, 0.717) is 11.6 Å². The van der Waals surface area contributed by atoms with Crippen LogP contribution in [0, 0.1) is 0 Å². The molecule has 0 saturated heterocycles. The minimum absolute atomic E-state index is 0.402. The fourth-order valence-electron chi connectivity index (χ4n) is 2.01. The molecular weight excluding hydrogens is 266 g/mol. The topological polar surface area (TPSA) is 35.2 Å². The molecule has 2 aromatic carbocycles. The van der Waals surface area contributed by atoms with Crippen LogP contribution < -0.4 is 10.5 Å². The predicted octanol–water partition coefficient (Wildman–Crippen LogP) is 3.72. The minimum Gasteiger partial charge on any atom is -0.494 e. The summed E-state index contributed by atoms with van der Waals surface area (Å²) in [5, 5.41) is 0. The molecule has 20 heavy (non-hydrogen) atoms. The number of ether oxygens (including phenoxy) is 1. The molecule has 0 atom stereocenters. The lowest BCUT2D eigenvalue weighted by atomic mass is 10.1. The van der Waals surface area contributed by atoms with Gasteiger partial charge in [0.1, 0.15) is 10.7 Å². The highest BCUT2D eigenvalue weighted by atomic mass is 32.1. The van der Waals surface area contributed by atoms with Crippen LogP contribution in [0.1, 0.15) is 24.0 Å². The van der Waals surface area contributed by atoms with E-state index in [1.165, 1.54) is 5.56 Å². The molecule has 0 aliphatic heterocycles. The van der Waals surface area contributed by atoms with Gasteiger partial charge in [0, 0.05) is 5.56 Å². The molecule has 0 unspecified atom stereocenters. The van der Waals surface area contributed by atoms with E-state index in [-0.39, 0.29) is 0 Å². The van der Waals surface area contributed by atoms with Crippen LogP contribution in [0.3, 0.4) is 0 Å². The fraction of sp³-hybridized carbons (Fsp3) is 0.235. The second-order valence-electron chi connectivity index (χ2n) is 4.68. The molecule has 2 rings (SSSR count). The van der Waals surface area contributed by atoms with Crippen molar-refractivity contribution in [3.05, 3.63) is 65.7 Å². The lowest BCUT2D eigenvalue weighted by Gasteiger charge is -2.07. The van der Waals surface area contributed by atoms with Gasteiger partial charge < -0.3 is 10.5 Å². The standard InChI is InChI=1S/C17H19NOS/c18-17(20)15-10-6-11-16(13-15)19-12-5-4-9-14-7-2-1-3-8-14/h1-3,6-8,10-11,13H,4-5,9,12H2,(H2,18,20). The molecule has 0 aromatic heterocycles. The van der Waals surface area contributed by atoms with E-state index < -0.39 is 0 Å². The van der Waals surface area contributed by atoms with Crippen LogP contribution >= 0.6 is 12.2 Å². The normalized spacial score (nSPS) is 10.2. The van der Waals surface area contributed by atoms with Crippen molar-refractivity contribution in [2.45, 2.75) is 19.3 Å². The Balaban J connectivity index is 1.71. The molecule has 0 fully saturated rings. The van der Waals surface area contributed by atoms with Gasteiger partial charge in [-0.3, -0.25) is 0 Å². The van der Waals surface area contributed by atoms with Crippen LogP contribution in [0.4, 0.5) is 0 Å². The number of hydrogen-bond acceptors (Lipinski definition) is 2. The number of unbranched alkanes of at least 4 members (excludes halogenated alkanes) is 1. The van der Waals surface area contributed by atoms with E-state index >= 15 is 0 Å². The van der Waals surface area contributed by atoms with E-state index in [0.717, 1.165) is 30.6 Å². The second kappa shape index (κ2) is 7.65. The molecule has 2 N–H and O–H groups in total. The molecule has 2 aromatic rings. The summed E-state index contributed by atoms with van der Waals surface area (Å²) >= 11 is 4.95. The van der Waals surface area contributed by atoms with E-state index in [1.807, 2.05) is 30.3 Å². The summed E-state index contributed by atoms with van der Waals surface area (Å²) in [6.07, 6.45) is 3.25. The number of benzene rings is 2. The second-order valence-corrected chi connectivity index (χ2v) is 5.12. The molecule has 104 valence electrons. The highest BCUT2D eigenvalue weighted by molar-refractivity contribution is 7.80. The van der Waals surface area contributed by atoms with Gasteiger partial charge in [0.05, 0.1) is 6.61 Å². The minimum atomic E-state index is 0.402. The molecule has 0 amide bonds. The number of hydrogen-bond donors (Lipinski definition) is 1. The van der Waals surface area contributed by atoms with Crippen LogP contribution in [0.5, 0.6) is 5.75 Å². The highest BCUT2D eigenvalue weighted by Crippen LogP contribution is 2.14. The van der Waals surface area contributed by atoms with E-state index in [2.05, 4.69) is 24.3 Å². The summed E-state index contributed by atoms with van der Waals surface area (Å²) in [4.78, 5) is 0.402. The van der Waals surface area contributed by atoms with Gasteiger partial charge in [-0.25, -0.2) is 0 Å². The summed E-state index contributed by atoms with van der Waals surface area (Å²) in [6, 6.07) is 18.1. The number of nitrogens with two attached hydrogens (primary N) is 1. The van der Waals surface area contributed by atoms with Gasteiger partial charge in [-0.05, 0) is 37.0 Å². The third kappa shape index (κ3) is 4.67. The Kier molecular flexibility index (Phi) is 5.56.